The molecule has 94 valence electrons. The van der Waals surface area contributed by atoms with Gasteiger partial charge in [-0.3, -0.25) is 4.79 Å². The lowest BCUT2D eigenvalue weighted by molar-refractivity contribution is -0.125. The maximum absolute atomic E-state index is 11.4. The first-order chi connectivity index (χ1) is 7.91. The molecule has 0 bridgehead atoms. The van der Waals surface area contributed by atoms with Crippen LogP contribution >= 0.6 is 11.3 Å². The number of nitrogens with one attached hydrogen (secondary N) is 1. The number of rotatable bonds is 2. The highest BCUT2D eigenvalue weighted by molar-refractivity contribution is 7.15. The number of aromatic nitrogens is 2. The van der Waals surface area contributed by atoms with E-state index in [4.69, 9.17) is 0 Å². The average molecular weight is 254 g/mol. The van der Waals surface area contributed by atoms with Gasteiger partial charge >= 0.3 is 0 Å². The van der Waals surface area contributed by atoms with Crippen molar-refractivity contribution in [2.75, 3.05) is 25.0 Å². The van der Waals surface area contributed by atoms with Crippen molar-refractivity contribution in [2.45, 2.75) is 26.2 Å². The molecule has 1 N–H and O–H groups in total. The lowest BCUT2D eigenvalue weighted by Gasteiger charge is -2.37. The first-order valence-electron chi connectivity index (χ1n) is 5.72. The third kappa shape index (κ3) is 2.41. The van der Waals surface area contributed by atoms with Crippen LogP contribution in [0.25, 0.3) is 0 Å². The van der Waals surface area contributed by atoms with Crippen molar-refractivity contribution >= 4 is 22.4 Å². The van der Waals surface area contributed by atoms with Crippen LogP contribution in [0.1, 0.15) is 25.8 Å². The molecule has 1 aromatic heterocycles. The van der Waals surface area contributed by atoms with Crippen LogP contribution < -0.4 is 10.2 Å². The van der Waals surface area contributed by atoms with Gasteiger partial charge in [-0.1, -0.05) is 32.1 Å². The van der Waals surface area contributed by atoms with E-state index in [-0.39, 0.29) is 17.2 Å². The largest absolute Gasteiger partial charge is 0.359 e. The minimum absolute atomic E-state index is 0.0426. The molecule has 5 nitrogen and oxygen atoms in total. The van der Waals surface area contributed by atoms with Gasteiger partial charge in [-0.25, -0.2) is 0 Å². The normalized spacial score (nSPS) is 16.8. The van der Waals surface area contributed by atoms with Crippen LogP contribution in [-0.2, 0) is 10.2 Å². The van der Waals surface area contributed by atoms with Gasteiger partial charge in [0, 0.05) is 25.6 Å². The van der Waals surface area contributed by atoms with Crippen molar-refractivity contribution < 1.29 is 4.79 Å². The number of anilines is 1. The summed E-state index contributed by atoms with van der Waals surface area (Å²) in [4.78, 5) is 13.5. The van der Waals surface area contributed by atoms with Gasteiger partial charge in [-0.2, -0.15) is 0 Å². The standard InChI is InChI=1S/C11H18N4OS/c1-11(2,3)9-13-14-10(17-9)15-5-7(6-15)8(16)12-4/h7H,5-6H2,1-4H3,(H,12,16). The van der Waals surface area contributed by atoms with Crippen molar-refractivity contribution in [2.24, 2.45) is 5.92 Å². The van der Waals surface area contributed by atoms with E-state index in [1.54, 1.807) is 18.4 Å². The van der Waals surface area contributed by atoms with Gasteiger partial charge in [0.15, 0.2) is 0 Å². The maximum atomic E-state index is 11.4. The SMILES string of the molecule is CNC(=O)C1CN(c2nnc(C(C)(C)C)s2)C1. The van der Waals surface area contributed by atoms with Crippen LogP contribution in [0.2, 0.25) is 0 Å². The van der Waals surface area contributed by atoms with E-state index >= 15 is 0 Å². The predicted molar refractivity (Wildman–Crippen MR) is 68.4 cm³/mol. The van der Waals surface area contributed by atoms with Gasteiger partial charge < -0.3 is 10.2 Å². The fourth-order valence-corrected chi connectivity index (χ4v) is 2.57. The van der Waals surface area contributed by atoms with Gasteiger partial charge in [-0.05, 0) is 0 Å². The Morgan fingerprint density at radius 3 is 2.53 bits per heavy atom. The Labute approximate surface area is 105 Å². The number of hydrogen-bond donors (Lipinski definition) is 1. The summed E-state index contributed by atoms with van der Waals surface area (Å²) in [5, 5.41) is 13.0. The molecule has 0 spiro atoms. The summed E-state index contributed by atoms with van der Waals surface area (Å²) >= 11 is 1.62. The smallest absolute Gasteiger partial charge is 0.226 e. The average Bonchev–Trinajstić information content (AvgIpc) is 2.63. The Morgan fingerprint density at radius 2 is 2.06 bits per heavy atom. The van der Waals surface area contributed by atoms with E-state index in [2.05, 4.69) is 41.2 Å². The number of amides is 1. The van der Waals surface area contributed by atoms with Crippen LogP contribution in [0.3, 0.4) is 0 Å². The van der Waals surface area contributed by atoms with Crippen molar-refractivity contribution in [1.29, 1.82) is 0 Å². The minimum Gasteiger partial charge on any atom is -0.359 e. The summed E-state index contributed by atoms with van der Waals surface area (Å²) in [5.74, 6) is 0.212. The molecule has 1 amide bonds. The molecule has 0 saturated carbocycles. The van der Waals surface area contributed by atoms with Crippen molar-refractivity contribution in [1.82, 2.24) is 15.5 Å². The maximum Gasteiger partial charge on any atom is 0.226 e. The Hall–Kier alpha value is -1.17. The molecule has 0 radical (unpaired) electrons. The molecular formula is C11H18N4OS. The van der Waals surface area contributed by atoms with Crippen molar-refractivity contribution in [3.63, 3.8) is 0 Å². The Kier molecular flexibility index (Phi) is 3.07. The van der Waals surface area contributed by atoms with Crippen LogP contribution in [0.4, 0.5) is 5.13 Å². The van der Waals surface area contributed by atoms with E-state index in [9.17, 15) is 4.79 Å². The molecule has 6 heteroatoms. The van der Waals surface area contributed by atoms with Gasteiger partial charge in [0.2, 0.25) is 11.0 Å². The quantitative estimate of drug-likeness (QED) is 0.856. The lowest BCUT2D eigenvalue weighted by Crippen LogP contribution is -2.53. The predicted octanol–water partition coefficient (Wildman–Crippen LogP) is 1.02. The minimum atomic E-state index is 0.0426. The molecule has 17 heavy (non-hydrogen) atoms. The molecule has 1 aromatic rings. The molecule has 2 heterocycles. The highest BCUT2D eigenvalue weighted by Crippen LogP contribution is 2.32. The summed E-state index contributed by atoms with van der Waals surface area (Å²) in [6, 6.07) is 0. The highest BCUT2D eigenvalue weighted by atomic mass is 32.1. The van der Waals surface area contributed by atoms with Crippen molar-refractivity contribution in [3.8, 4) is 0 Å². The second kappa shape index (κ2) is 4.25. The Morgan fingerprint density at radius 1 is 1.41 bits per heavy atom. The zero-order valence-electron chi connectivity index (χ0n) is 10.6. The van der Waals surface area contributed by atoms with Gasteiger partial charge in [0.05, 0.1) is 5.92 Å². The first-order valence-corrected chi connectivity index (χ1v) is 6.54. The third-order valence-electron chi connectivity index (χ3n) is 2.83. The zero-order chi connectivity index (χ0) is 12.6. The third-order valence-corrected chi connectivity index (χ3v) is 4.23. The summed E-state index contributed by atoms with van der Waals surface area (Å²) in [5.41, 5.74) is 0.0426. The molecule has 1 saturated heterocycles. The van der Waals surface area contributed by atoms with Gasteiger partial charge in [-0.15, -0.1) is 10.2 Å². The molecule has 0 unspecified atom stereocenters. The number of carbonyl (C=O) groups is 1. The highest BCUT2D eigenvalue weighted by Gasteiger charge is 2.34. The lowest BCUT2D eigenvalue weighted by atomic mass is 9.98. The van der Waals surface area contributed by atoms with Crippen molar-refractivity contribution in [3.05, 3.63) is 5.01 Å². The first kappa shape index (κ1) is 12.3. The van der Waals surface area contributed by atoms with E-state index in [1.165, 1.54) is 0 Å². The Bertz CT molecular complexity index is 417. The van der Waals surface area contributed by atoms with Crippen LogP contribution in [0.15, 0.2) is 0 Å². The van der Waals surface area contributed by atoms with Crippen LogP contribution in [0.5, 0.6) is 0 Å². The van der Waals surface area contributed by atoms with Crippen LogP contribution in [-0.4, -0.2) is 36.2 Å². The van der Waals surface area contributed by atoms with Crippen LogP contribution in [0, 0.1) is 5.92 Å². The number of nitrogens with zero attached hydrogens (tertiary/aromatic N) is 3. The van der Waals surface area contributed by atoms with Gasteiger partial charge in [0.1, 0.15) is 5.01 Å². The number of carbonyl (C=O) groups excluding carboxylic acids is 1. The van der Waals surface area contributed by atoms with E-state index < -0.39 is 0 Å². The summed E-state index contributed by atoms with van der Waals surface area (Å²) in [6.07, 6.45) is 0. The molecule has 1 fully saturated rings. The number of hydrogen-bond acceptors (Lipinski definition) is 5. The summed E-state index contributed by atoms with van der Waals surface area (Å²) in [6.45, 7) is 7.87. The monoisotopic (exact) mass is 254 g/mol. The molecule has 1 aliphatic rings. The van der Waals surface area contributed by atoms with Gasteiger partial charge in [0.25, 0.3) is 0 Å². The van der Waals surface area contributed by atoms with E-state index in [0.29, 0.717) is 0 Å². The summed E-state index contributed by atoms with van der Waals surface area (Å²) in [7, 11) is 1.67. The van der Waals surface area contributed by atoms with E-state index in [1.807, 2.05) is 0 Å². The topological polar surface area (TPSA) is 58.1 Å². The molecule has 0 aromatic carbocycles. The molecular weight excluding hydrogens is 236 g/mol. The molecule has 2 rings (SSSR count). The Balaban J connectivity index is 1.98. The second-order valence-corrected chi connectivity index (χ2v) is 6.31. The second-order valence-electron chi connectivity index (χ2n) is 5.36. The molecule has 1 aliphatic heterocycles. The molecule has 0 atom stereocenters. The fourth-order valence-electron chi connectivity index (χ4n) is 1.65. The zero-order valence-corrected chi connectivity index (χ0v) is 11.5. The molecule has 0 aliphatic carbocycles. The fraction of sp³-hybridized carbons (Fsp3) is 0.727. The van der Waals surface area contributed by atoms with E-state index in [0.717, 1.165) is 23.2 Å². The summed E-state index contributed by atoms with van der Waals surface area (Å²) < 4.78 is 0.